The largest absolute Gasteiger partial charge is 0.332 e. The van der Waals surface area contributed by atoms with Crippen molar-refractivity contribution in [2.24, 2.45) is 5.73 Å². The van der Waals surface area contributed by atoms with Gasteiger partial charge in [0.05, 0.1) is 25.4 Å². The van der Waals surface area contributed by atoms with Crippen molar-refractivity contribution in [3.63, 3.8) is 0 Å². The molecule has 1 atom stereocenters. The van der Waals surface area contributed by atoms with Gasteiger partial charge in [-0.3, -0.25) is 4.57 Å². The van der Waals surface area contributed by atoms with Crippen LogP contribution in [0.2, 0.25) is 0 Å². The lowest BCUT2D eigenvalue weighted by atomic mass is 10.4. The first kappa shape index (κ1) is 14.0. The van der Waals surface area contributed by atoms with Crippen LogP contribution >= 0.6 is 7.60 Å². The van der Waals surface area contributed by atoms with Crippen molar-refractivity contribution in [2.45, 2.75) is 26.3 Å². The molecule has 14 heavy (non-hydrogen) atoms. The number of alkyl halides is 2. The molecule has 1 unspecified atom stereocenters. The molecule has 0 amide bonds. The first-order valence-electron chi connectivity index (χ1n) is 4.37. The van der Waals surface area contributed by atoms with Gasteiger partial charge in [-0.1, -0.05) is 0 Å². The van der Waals surface area contributed by atoms with E-state index in [4.69, 9.17) is 14.8 Å². The summed E-state index contributed by atoms with van der Waals surface area (Å²) in [5.41, 5.74) is 5.08. The standard InChI is InChI=1S/C7H16F2NO3P/c1-3-12-14(11,13-4-2)5-6(10)7(8)9/h6-7H,3-5,10H2,1-2H3. The molecule has 0 saturated heterocycles. The molecule has 0 aliphatic rings. The average molecular weight is 231 g/mol. The highest BCUT2D eigenvalue weighted by atomic mass is 31.2. The molecule has 2 N–H and O–H groups in total. The molecule has 0 aliphatic heterocycles. The fourth-order valence-electron chi connectivity index (χ4n) is 0.874. The molecule has 0 aliphatic carbocycles. The summed E-state index contributed by atoms with van der Waals surface area (Å²) < 4.78 is 45.5. The molecule has 0 spiro atoms. The van der Waals surface area contributed by atoms with E-state index >= 15 is 0 Å². The number of rotatable bonds is 7. The van der Waals surface area contributed by atoms with Gasteiger partial charge in [0.25, 0.3) is 6.43 Å². The summed E-state index contributed by atoms with van der Waals surface area (Å²) in [5.74, 6) is 0. The van der Waals surface area contributed by atoms with Gasteiger partial charge in [0.2, 0.25) is 0 Å². The van der Waals surface area contributed by atoms with Gasteiger partial charge in [-0.2, -0.15) is 0 Å². The van der Waals surface area contributed by atoms with E-state index in [0.717, 1.165) is 0 Å². The van der Waals surface area contributed by atoms with Crippen molar-refractivity contribution >= 4 is 7.60 Å². The van der Waals surface area contributed by atoms with E-state index in [1.54, 1.807) is 13.8 Å². The van der Waals surface area contributed by atoms with Crippen molar-refractivity contribution in [1.29, 1.82) is 0 Å². The Balaban J connectivity index is 4.28. The lowest BCUT2D eigenvalue weighted by Crippen LogP contribution is -2.33. The highest BCUT2D eigenvalue weighted by molar-refractivity contribution is 7.53. The minimum atomic E-state index is -3.43. The van der Waals surface area contributed by atoms with E-state index in [-0.39, 0.29) is 13.2 Å². The minimum Gasteiger partial charge on any atom is -0.322 e. The van der Waals surface area contributed by atoms with Gasteiger partial charge >= 0.3 is 7.60 Å². The number of hydrogen-bond donors (Lipinski definition) is 1. The van der Waals surface area contributed by atoms with Gasteiger partial charge in [0, 0.05) is 0 Å². The Hall–Kier alpha value is -0.0300. The van der Waals surface area contributed by atoms with Crippen LogP contribution in [0, 0.1) is 0 Å². The lowest BCUT2D eigenvalue weighted by molar-refractivity contribution is 0.118. The van der Waals surface area contributed by atoms with Crippen LogP contribution in [0.1, 0.15) is 13.8 Å². The second-order valence-corrected chi connectivity index (χ2v) is 4.73. The van der Waals surface area contributed by atoms with Gasteiger partial charge < -0.3 is 14.8 Å². The van der Waals surface area contributed by atoms with Crippen LogP contribution in [-0.2, 0) is 13.6 Å². The highest BCUT2D eigenvalue weighted by Crippen LogP contribution is 2.48. The molecule has 7 heteroatoms. The summed E-state index contributed by atoms with van der Waals surface area (Å²) in [6, 6.07) is -1.47. The van der Waals surface area contributed by atoms with E-state index < -0.39 is 26.2 Å². The van der Waals surface area contributed by atoms with Crippen molar-refractivity contribution in [1.82, 2.24) is 0 Å². The average Bonchev–Trinajstić information content (AvgIpc) is 2.04. The molecule has 0 heterocycles. The van der Waals surface area contributed by atoms with Crippen molar-refractivity contribution in [3.8, 4) is 0 Å². The van der Waals surface area contributed by atoms with Crippen LogP contribution in [0.15, 0.2) is 0 Å². The van der Waals surface area contributed by atoms with E-state index in [1.165, 1.54) is 0 Å². The predicted molar refractivity (Wildman–Crippen MR) is 49.7 cm³/mol. The van der Waals surface area contributed by atoms with Crippen LogP contribution in [-0.4, -0.2) is 31.8 Å². The smallest absolute Gasteiger partial charge is 0.322 e. The minimum absolute atomic E-state index is 0.146. The van der Waals surface area contributed by atoms with E-state index in [9.17, 15) is 13.3 Å². The van der Waals surface area contributed by atoms with Gasteiger partial charge in [0.1, 0.15) is 0 Å². The molecule has 0 bridgehead atoms. The van der Waals surface area contributed by atoms with Crippen molar-refractivity contribution in [3.05, 3.63) is 0 Å². The molecule has 0 fully saturated rings. The molecule has 86 valence electrons. The van der Waals surface area contributed by atoms with Gasteiger partial charge in [-0.05, 0) is 13.8 Å². The fourth-order valence-corrected chi connectivity index (χ4v) is 2.62. The fraction of sp³-hybridized carbons (Fsp3) is 1.00. The maximum absolute atomic E-state index is 12.1. The zero-order valence-electron chi connectivity index (χ0n) is 8.28. The monoisotopic (exact) mass is 231 g/mol. The molecule has 0 radical (unpaired) electrons. The van der Waals surface area contributed by atoms with Crippen LogP contribution in [0.3, 0.4) is 0 Å². The molecule has 0 rings (SSSR count). The Morgan fingerprint density at radius 2 is 1.71 bits per heavy atom. The second-order valence-electron chi connectivity index (χ2n) is 2.63. The summed E-state index contributed by atoms with van der Waals surface area (Å²) in [5, 5.41) is 0. The van der Waals surface area contributed by atoms with Crippen LogP contribution in [0.5, 0.6) is 0 Å². The van der Waals surface area contributed by atoms with Crippen molar-refractivity contribution in [2.75, 3.05) is 19.4 Å². The van der Waals surface area contributed by atoms with Crippen molar-refractivity contribution < 1.29 is 22.4 Å². The van der Waals surface area contributed by atoms with Gasteiger partial charge in [0.15, 0.2) is 0 Å². The third-order valence-corrected chi connectivity index (χ3v) is 3.58. The Morgan fingerprint density at radius 3 is 2.00 bits per heavy atom. The zero-order valence-corrected chi connectivity index (χ0v) is 9.18. The number of halogens is 2. The van der Waals surface area contributed by atoms with Crippen LogP contribution < -0.4 is 5.73 Å². The Morgan fingerprint density at radius 1 is 1.29 bits per heavy atom. The topological polar surface area (TPSA) is 61.5 Å². The van der Waals surface area contributed by atoms with Gasteiger partial charge in [-0.25, -0.2) is 8.78 Å². The van der Waals surface area contributed by atoms with Gasteiger partial charge in [-0.15, -0.1) is 0 Å². The molecule has 0 aromatic heterocycles. The third-order valence-electron chi connectivity index (χ3n) is 1.41. The number of hydrogen-bond acceptors (Lipinski definition) is 4. The zero-order chi connectivity index (χ0) is 11.2. The first-order valence-corrected chi connectivity index (χ1v) is 6.09. The second kappa shape index (κ2) is 6.45. The molecule has 0 saturated carbocycles. The normalized spacial score (nSPS) is 14.7. The first-order chi connectivity index (χ1) is 6.45. The Labute approximate surface area is 82.3 Å². The van der Waals surface area contributed by atoms with E-state index in [0.29, 0.717) is 0 Å². The molecule has 0 aromatic rings. The van der Waals surface area contributed by atoms with Crippen LogP contribution in [0.25, 0.3) is 0 Å². The van der Waals surface area contributed by atoms with E-state index in [1.807, 2.05) is 0 Å². The number of nitrogens with two attached hydrogens (primary N) is 1. The molecule has 4 nitrogen and oxygen atoms in total. The van der Waals surface area contributed by atoms with Crippen LogP contribution in [0.4, 0.5) is 8.78 Å². The molecular weight excluding hydrogens is 215 g/mol. The van der Waals surface area contributed by atoms with E-state index in [2.05, 4.69) is 0 Å². The quantitative estimate of drug-likeness (QED) is 0.679. The summed E-state index contributed by atoms with van der Waals surface area (Å²) in [7, 11) is -3.43. The maximum atomic E-state index is 12.1. The third kappa shape index (κ3) is 5.00. The lowest BCUT2D eigenvalue weighted by Gasteiger charge is -2.19. The molecular formula is C7H16F2NO3P. The molecule has 0 aromatic carbocycles. The highest BCUT2D eigenvalue weighted by Gasteiger charge is 2.30. The summed E-state index contributed by atoms with van der Waals surface area (Å²) in [6.07, 6.45) is -3.17. The maximum Gasteiger partial charge on any atom is 0.332 e. The summed E-state index contributed by atoms with van der Waals surface area (Å²) in [4.78, 5) is 0. The Kier molecular flexibility index (Phi) is 6.44. The SMILES string of the molecule is CCOP(=O)(CC(N)C(F)F)OCC. The Bertz CT molecular complexity index is 193. The summed E-state index contributed by atoms with van der Waals surface area (Å²) in [6.45, 7) is 3.51. The summed E-state index contributed by atoms with van der Waals surface area (Å²) >= 11 is 0. The predicted octanol–water partition coefficient (Wildman–Crippen LogP) is 1.84.